The van der Waals surface area contributed by atoms with Crippen molar-refractivity contribution >= 4 is 39.3 Å². The van der Waals surface area contributed by atoms with E-state index in [2.05, 4.69) is 15.4 Å². The van der Waals surface area contributed by atoms with Gasteiger partial charge in [0.2, 0.25) is 5.91 Å². The number of carbonyl (C=O) groups excluding carboxylic acids is 1. The molecule has 206 valence electrons. The molecule has 3 N–H and O–H groups in total. The second kappa shape index (κ2) is 14.2. The highest BCUT2D eigenvalue weighted by Crippen LogP contribution is 2.27. The molecule has 0 spiro atoms. The largest absolute Gasteiger partial charge is 0.497 e. The SMILES string of the molecule is CNC(=S)NS(=O)(=O)c1cc(CCNC(=O)/C=C/c2ccc(OC)cc2OC)ccc1OCc1ccccc1. The van der Waals surface area contributed by atoms with Crippen molar-refractivity contribution in [2.24, 2.45) is 0 Å². The van der Waals surface area contributed by atoms with E-state index in [4.69, 9.17) is 26.4 Å². The summed E-state index contributed by atoms with van der Waals surface area (Å²) in [6, 6.07) is 19.6. The smallest absolute Gasteiger partial charge is 0.267 e. The van der Waals surface area contributed by atoms with Crippen molar-refractivity contribution in [1.29, 1.82) is 0 Å². The Labute approximate surface area is 234 Å². The molecule has 0 aromatic heterocycles. The quantitative estimate of drug-likeness (QED) is 0.225. The second-order valence-corrected chi connectivity index (χ2v) is 10.3. The highest BCUT2D eigenvalue weighted by Gasteiger charge is 2.22. The van der Waals surface area contributed by atoms with Gasteiger partial charge in [-0.15, -0.1) is 0 Å². The van der Waals surface area contributed by atoms with Gasteiger partial charge in [-0.2, -0.15) is 0 Å². The lowest BCUT2D eigenvalue weighted by Crippen LogP contribution is -2.37. The molecule has 3 rings (SSSR count). The summed E-state index contributed by atoms with van der Waals surface area (Å²) in [7, 11) is 0.611. The van der Waals surface area contributed by atoms with Crippen LogP contribution in [-0.4, -0.2) is 47.2 Å². The minimum atomic E-state index is -4.02. The average molecular weight is 570 g/mol. The van der Waals surface area contributed by atoms with Gasteiger partial charge in [0.1, 0.15) is 28.8 Å². The molecule has 39 heavy (non-hydrogen) atoms. The molecule has 0 saturated heterocycles. The number of amides is 1. The molecule has 3 aromatic rings. The van der Waals surface area contributed by atoms with Gasteiger partial charge in [-0.3, -0.25) is 9.52 Å². The van der Waals surface area contributed by atoms with Crippen LogP contribution in [0.25, 0.3) is 6.08 Å². The van der Waals surface area contributed by atoms with E-state index in [-0.39, 0.29) is 34.8 Å². The van der Waals surface area contributed by atoms with Crippen LogP contribution in [0.4, 0.5) is 0 Å². The molecule has 1 amide bonds. The van der Waals surface area contributed by atoms with Crippen molar-refractivity contribution in [3.05, 3.63) is 89.5 Å². The normalized spacial score (nSPS) is 11.1. The Balaban J connectivity index is 1.69. The topological polar surface area (TPSA) is 115 Å². The Morgan fingerprint density at radius 2 is 1.72 bits per heavy atom. The fourth-order valence-electron chi connectivity index (χ4n) is 3.51. The zero-order valence-electron chi connectivity index (χ0n) is 21.9. The molecular formula is C28H31N3O6S2. The molecule has 0 radical (unpaired) electrons. The average Bonchev–Trinajstić information content (AvgIpc) is 2.95. The molecular weight excluding hydrogens is 538 g/mol. The highest BCUT2D eigenvalue weighted by molar-refractivity contribution is 7.92. The predicted octanol–water partition coefficient (Wildman–Crippen LogP) is 3.44. The Hall–Kier alpha value is -4.09. The number of benzene rings is 3. The zero-order valence-corrected chi connectivity index (χ0v) is 23.5. The van der Waals surface area contributed by atoms with E-state index in [0.717, 1.165) is 11.1 Å². The van der Waals surface area contributed by atoms with Crippen LogP contribution < -0.4 is 29.6 Å². The summed E-state index contributed by atoms with van der Waals surface area (Å²) in [6.07, 6.45) is 3.44. The number of nitrogens with one attached hydrogen (secondary N) is 3. The van der Waals surface area contributed by atoms with E-state index in [1.807, 2.05) is 30.3 Å². The number of rotatable bonds is 12. The standard InChI is InChI=1S/C28H31N3O6S2/c1-29-28(38)31-39(33,34)26-17-20(9-13-24(26)37-19-21-7-5-4-6-8-21)15-16-30-27(32)14-11-22-10-12-23(35-2)18-25(22)36-3/h4-14,17-18H,15-16,19H2,1-3H3,(H,30,32)(H2,29,31,38)/b14-11+. The molecule has 0 aliphatic rings. The Bertz CT molecular complexity index is 1430. The van der Waals surface area contributed by atoms with E-state index in [1.165, 1.54) is 19.2 Å². The molecule has 0 aliphatic heterocycles. The van der Waals surface area contributed by atoms with Gasteiger partial charge >= 0.3 is 0 Å². The maximum Gasteiger partial charge on any atom is 0.267 e. The van der Waals surface area contributed by atoms with Gasteiger partial charge in [0, 0.05) is 31.3 Å². The molecule has 0 fully saturated rings. The molecule has 11 heteroatoms. The van der Waals surface area contributed by atoms with E-state index >= 15 is 0 Å². The van der Waals surface area contributed by atoms with Gasteiger partial charge in [0.15, 0.2) is 5.11 Å². The van der Waals surface area contributed by atoms with Gasteiger partial charge < -0.3 is 24.8 Å². The van der Waals surface area contributed by atoms with E-state index in [1.54, 1.807) is 50.6 Å². The monoisotopic (exact) mass is 569 g/mol. The van der Waals surface area contributed by atoms with Crippen LogP contribution in [0.3, 0.4) is 0 Å². The van der Waals surface area contributed by atoms with Gasteiger partial charge in [0.25, 0.3) is 10.0 Å². The first kappa shape index (κ1) is 29.5. The molecule has 3 aromatic carbocycles. The number of carbonyl (C=O) groups is 1. The molecule has 0 heterocycles. The number of hydrogen-bond donors (Lipinski definition) is 3. The molecule has 0 bridgehead atoms. The summed E-state index contributed by atoms with van der Waals surface area (Å²) in [5.41, 5.74) is 2.31. The summed E-state index contributed by atoms with van der Waals surface area (Å²) < 4.78 is 44.8. The first-order chi connectivity index (χ1) is 18.7. The van der Waals surface area contributed by atoms with Crippen LogP contribution in [0.2, 0.25) is 0 Å². The van der Waals surface area contributed by atoms with Crippen LogP contribution >= 0.6 is 12.2 Å². The third-order valence-electron chi connectivity index (χ3n) is 5.56. The Morgan fingerprint density at radius 3 is 2.41 bits per heavy atom. The summed E-state index contributed by atoms with van der Waals surface area (Å²) in [5.74, 6) is 1.11. The van der Waals surface area contributed by atoms with Crippen molar-refractivity contribution in [2.45, 2.75) is 17.9 Å². The predicted molar refractivity (Wildman–Crippen MR) is 154 cm³/mol. The molecule has 0 aliphatic carbocycles. The second-order valence-electron chi connectivity index (χ2n) is 8.22. The summed E-state index contributed by atoms with van der Waals surface area (Å²) >= 11 is 5.00. The van der Waals surface area contributed by atoms with E-state index in [9.17, 15) is 13.2 Å². The molecule has 9 nitrogen and oxygen atoms in total. The summed E-state index contributed by atoms with van der Waals surface area (Å²) in [6.45, 7) is 0.482. The lowest BCUT2D eigenvalue weighted by Gasteiger charge is -2.15. The van der Waals surface area contributed by atoms with Crippen molar-refractivity contribution in [2.75, 3.05) is 27.8 Å². The number of thiocarbonyl (C=S) groups is 1. The van der Waals surface area contributed by atoms with Crippen molar-refractivity contribution < 1.29 is 27.4 Å². The molecule has 0 atom stereocenters. The van der Waals surface area contributed by atoms with Crippen molar-refractivity contribution in [1.82, 2.24) is 15.4 Å². The maximum absolute atomic E-state index is 13.1. The lowest BCUT2D eigenvalue weighted by molar-refractivity contribution is -0.116. The third-order valence-corrected chi connectivity index (χ3v) is 7.36. The first-order valence-electron chi connectivity index (χ1n) is 12.0. The fraction of sp³-hybridized carbons (Fsp3) is 0.214. The molecule has 0 unspecified atom stereocenters. The Kier molecular flexibility index (Phi) is 10.7. The minimum absolute atomic E-state index is 0.0399. The van der Waals surface area contributed by atoms with Crippen LogP contribution in [-0.2, 0) is 27.8 Å². The van der Waals surface area contributed by atoms with Gasteiger partial charge in [-0.25, -0.2) is 8.42 Å². The van der Waals surface area contributed by atoms with E-state index in [0.29, 0.717) is 23.5 Å². The van der Waals surface area contributed by atoms with E-state index < -0.39 is 10.0 Å². The molecule has 0 saturated carbocycles. The lowest BCUT2D eigenvalue weighted by atomic mass is 10.1. The van der Waals surface area contributed by atoms with Gasteiger partial charge in [-0.1, -0.05) is 36.4 Å². The Morgan fingerprint density at radius 1 is 0.949 bits per heavy atom. The third kappa shape index (κ3) is 8.72. The minimum Gasteiger partial charge on any atom is -0.497 e. The highest BCUT2D eigenvalue weighted by atomic mass is 32.2. The first-order valence-corrected chi connectivity index (χ1v) is 13.9. The number of ether oxygens (including phenoxy) is 3. The fourth-order valence-corrected chi connectivity index (χ4v) is 4.99. The van der Waals surface area contributed by atoms with Crippen molar-refractivity contribution in [3.63, 3.8) is 0 Å². The van der Waals surface area contributed by atoms with Gasteiger partial charge in [0.05, 0.1) is 14.2 Å². The number of sulfonamides is 1. The number of methoxy groups -OCH3 is 2. The van der Waals surface area contributed by atoms with Crippen LogP contribution in [0.15, 0.2) is 77.7 Å². The van der Waals surface area contributed by atoms with Crippen LogP contribution in [0, 0.1) is 0 Å². The zero-order chi connectivity index (χ0) is 28.3. The van der Waals surface area contributed by atoms with Gasteiger partial charge in [-0.05, 0) is 60.1 Å². The summed E-state index contributed by atoms with van der Waals surface area (Å²) in [4.78, 5) is 12.3. The van der Waals surface area contributed by atoms with Crippen LogP contribution in [0.1, 0.15) is 16.7 Å². The van der Waals surface area contributed by atoms with Crippen molar-refractivity contribution in [3.8, 4) is 17.2 Å². The maximum atomic E-state index is 13.1. The summed E-state index contributed by atoms with van der Waals surface area (Å²) in [5, 5.41) is 5.36. The van der Waals surface area contributed by atoms with Crippen LogP contribution in [0.5, 0.6) is 17.2 Å². The number of hydrogen-bond acceptors (Lipinski definition) is 7.